The van der Waals surface area contributed by atoms with Crippen molar-refractivity contribution in [1.29, 1.82) is 0 Å². The molecule has 7 rings (SSSR count). The molecule has 8 heteroatoms. The molecule has 0 amide bonds. The van der Waals surface area contributed by atoms with Crippen LogP contribution in [0.1, 0.15) is 77.2 Å². The smallest absolute Gasteiger partial charge is 0.310 e. The summed E-state index contributed by atoms with van der Waals surface area (Å²) < 4.78 is 19.2. The zero-order valence-electron chi connectivity index (χ0n) is 25.2. The maximum atomic E-state index is 14.5. The maximum Gasteiger partial charge on any atom is 0.310 e. The van der Waals surface area contributed by atoms with Crippen LogP contribution in [-0.2, 0) is 35.0 Å². The van der Waals surface area contributed by atoms with Crippen LogP contribution in [0.2, 0.25) is 0 Å². The van der Waals surface area contributed by atoms with Crippen LogP contribution in [0.15, 0.2) is 48.3 Å². The lowest BCUT2D eigenvalue weighted by molar-refractivity contribution is -0.210. The molecule has 1 aliphatic heterocycles. The van der Waals surface area contributed by atoms with Gasteiger partial charge in [-0.15, -0.1) is 0 Å². The molecule has 9 atom stereocenters. The molecule has 43 heavy (non-hydrogen) atoms. The Morgan fingerprint density at radius 3 is 2.74 bits per heavy atom. The second-order valence-electron chi connectivity index (χ2n) is 14.3. The fraction of sp³-hybridized carbons (Fsp3) is 0.657. The first kappa shape index (κ1) is 29.1. The van der Waals surface area contributed by atoms with Crippen LogP contribution >= 0.6 is 0 Å². The number of hydrogen-bond donors (Lipinski definition) is 1. The molecule has 2 heterocycles. The maximum absolute atomic E-state index is 14.5. The predicted molar refractivity (Wildman–Crippen MR) is 156 cm³/mol. The molecule has 6 aliphatic rings. The summed E-state index contributed by atoms with van der Waals surface area (Å²) in [6.07, 6.45) is 15.2. The molecule has 0 radical (unpaired) electrons. The molecule has 1 saturated heterocycles. The molecule has 1 aromatic rings. The van der Waals surface area contributed by atoms with E-state index in [0.29, 0.717) is 12.8 Å². The molecule has 230 valence electrons. The van der Waals surface area contributed by atoms with Crippen LogP contribution in [0, 0.1) is 34.5 Å². The number of pyridine rings is 1. The van der Waals surface area contributed by atoms with Crippen LogP contribution in [0.3, 0.4) is 0 Å². The Labute approximate surface area is 253 Å². The van der Waals surface area contributed by atoms with Gasteiger partial charge in [0.2, 0.25) is 5.78 Å². The van der Waals surface area contributed by atoms with Crippen molar-refractivity contribution in [2.24, 2.45) is 34.5 Å². The number of carbonyl (C=O) groups is 3. The SMILES string of the molecule is C[C@]12C=CC(=O)C=C1CC[C@@H]1[C@@H]2[C@@H](O)C[C@@]2(C)[C@H]1C[C@H]1O[C@@H](C3CCCCC3)O[C@]12C(=O)COC(=O)Cc1cccnc1. The largest absolute Gasteiger partial charge is 0.457 e. The number of hydrogen-bond acceptors (Lipinski definition) is 8. The second-order valence-corrected chi connectivity index (χ2v) is 14.3. The van der Waals surface area contributed by atoms with E-state index in [4.69, 9.17) is 14.2 Å². The molecule has 5 fully saturated rings. The van der Waals surface area contributed by atoms with Crippen LogP contribution < -0.4 is 0 Å². The molecule has 0 aromatic carbocycles. The van der Waals surface area contributed by atoms with E-state index >= 15 is 0 Å². The van der Waals surface area contributed by atoms with E-state index in [1.54, 1.807) is 36.7 Å². The third kappa shape index (κ3) is 4.50. The van der Waals surface area contributed by atoms with Gasteiger partial charge in [-0.05, 0) is 74.1 Å². The number of Topliss-reactive ketones (excluding diaryl/α,β-unsaturated/α-hetero) is 1. The van der Waals surface area contributed by atoms with Gasteiger partial charge in [0.05, 0.1) is 18.6 Å². The van der Waals surface area contributed by atoms with Gasteiger partial charge in [0, 0.05) is 35.1 Å². The second kappa shape index (κ2) is 10.7. The van der Waals surface area contributed by atoms with E-state index in [1.165, 1.54) is 6.42 Å². The Morgan fingerprint density at radius 1 is 1.16 bits per heavy atom. The minimum Gasteiger partial charge on any atom is -0.457 e. The Hall–Kier alpha value is -2.68. The molecule has 1 aromatic heterocycles. The summed E-state index contributed by atoms with van der Waals surface area (Å²) in [5.74, 6) is -0.362. The Bertz CT molecular complexity index is 1350. The lowest BCUT2D eigenvalue weighted by Gasteiger charge is -2.59. The number of fused-ring (bicyclic) bond motifs is 7. The number of esters is 1. The normalized spacial score (nSPS) is 41.9. The lowest BCUT2D eigenvalue weighted by Crippen LogP contribution is -2.63. The van der Waals surface area contributed by atoms with E-state index in [2.05, 4.69) is 18.8 Å². The first-order chi connectivity index (χ1) is 20.7. The first-order valence-electron chi connectivity index (χ1n) is 16.2. The van der Waals surface area contributed by atoms with Crippen molar-refractivity contribution >= 4 is 17.5 Å². The van der Waals surface area contributed by atoms with Gasteiger partial charge in [-0.3, -0.25) is 19.4 Å². The fourth-order valence-electron chi connectivity index (χ4n) is 10.2. The summed E-state index contributed by atoms with van der Waals surface area (Å²) in [6, 6.07) is 3.57. The van der Waals surface area contributed by atoms with Gasteiger partial charge in [0.25, 0.3) is 0 Å². The molecule has 0 bridgehead atoms. The molecule has 8 nitrogen and oxygen atoms in total. The summed E-state index contributed by atoms with van der Waals surface area (Å²) >= 11 is 0. The number of ketones is 2. The van der Waals surface area contributed by atoms with Crippen LogP contribution in [0.5, 0.6) is 0 Å². The van der Waals surface area contributed by atoms with Crippen molar-refractivity contribution in [1.82, 2.24) is 4.98 Å². The minimum atomic E-state index is -1.30. The zero-order chi connectivity index (χ0) is 30.0. The summed E-state index contributed by atoms with van der Waals surface area (Å²) in [5.41, 5.74) is -0.574. The van der Waals surface area contributed by atoms with Crippen molar-refractivity contribution in [2.45, 2.75) is 102 Å². The fourth-order valence-corrected chi connectivity index (χ4v) is 10.2. The van der Waals surface area contributed by atoms with Gasteiger partial charge in [-0.2, -0.15) is 0 Å². The van der Waals surface area contributed by atoms with Crippen LogP contribution in [0.4, 0.5) is 0 Å². The van der Waals surface area contributed by atoms with Crippen molar-refractivity contribution in [3.05, 3.63) is 53.9 Å². The number of carbonyl (C=O) groups excluding carboxylic acids is 3. The van der Waals surface area contributed by atoms with Gasteiger partial charge in [0.1, 0.15) is 0 Å². The third-order valence-electron chi connectivity index (χ3n) is 12.1. The number of ether oxygens (including phenoxy) is 3. The predicted octanol–water partition coefficient (Wildman–Crippen LogP) is 4.69. The molecule has 0 spiro atoms. The van der Waals surface area contributed by atoms with Gasteiger partial charge >= 0.3 is 5.97 Å². The highest BCUT2D eigenvalue weighted by molar-refractivity contribution is 6.01. The third-order valence-corrected chi connectivity index (χ3v) is 12.1. The van der Waals surface area contributed by atoms with Crippen molar-refractivity contribution in [3.63, 3.8) is 0 Å². The number of aliphatic hydroxyl groups is 1. The number of allylic oxidation sites excluding steroid dienone is 4. The molecule has 1 N–H and O–H groups in total. The average molecular weight is 590 g/mol. The first-order valence-corrected chi connectivity index (χ1v) is 16.2. The van der Waals surface area contributed by atoms with Gasteiger partial charge in [-0.25, -0.2) is 0 Å². The molecular weight excluding hydrogens is 546 g/mol. The standard InChI is InChI=1S/C35H43NO7/c1-33-13-12-24(37)16-23(33)10-11-25-26-17-29-35(34(26,2)18-27(38)31(25)33,43-32(42-29)22-8-4-3-5-9-22)28(39)20-41-30(40)15-21-7-6-14-36-19-21/h6-7,12-14,16,19,22,25-27,29,31-32,38H,3-5,8-11,15,17-18,20H2,1-2H3/t25-,26-,27-,29+,31+,32+,33-,34-,35+/m0/s1. The molecule has 5 aliphatic carbocycles. The highest BCUT2D eigenvalue weighted by Gasteiger charge is 2.76. The highest BCUT2D eigenvalue weighted by Crippen LogP contribution is 2.70. The summed E-state index contributed by atoms with van der Waals surface area (Å²) in [4.78, 5) is 43.5. The van der Waals surface area contributed by atoms with E-state index in [0.717, 1.165) is 49.7 Å². The lowest BCUT2D eigenvalue weighted by atomic mass is 9.46. The molecule has 4 saturated carbocycles. The van der Waals surface area contributed by atoms with Crippen molar-refractivity contribution in [2.75, 3.05) is 6.61 Å². The van der Waals surface area contributed by atoms with E-state index in [1.807, 2.05) is 6.08 Å². The van der Waals surface area contributed by atoms with Gasteiger partial charge in [0.15, 0.2) is 24.3 Å². The van der Waals surface area contributed by atoms with Crippen molar-refractivity contribution < 1.29 is 33.7 Å². The van der Waals surface area contributed by atoms with Crippen LogP contribution in [-0.4, -0.2) is 58.3 Å². The Kier molecular flexibility index (Phi) is 7.26. The quantitative estimate of drug-likeness (QED) is 0.476. The van der Waals surface area contributed by atoms with E-state index in [9.17, 15) is 19.5 Å². The molecular formula is C35H43NO7. The number of nitrogens with zero attached hydrogens (tertiary/aromatic N) is 1. The van der Waals surface area contributed by atoms with Crippen LogP contribution in [0.25, 0.3) is 0 Å². The summed E-state index contributed by atoms with van der Waals surface area (Å²) in [5, 5.41) is 12.0. The minimum absolute atomic E-state index is 0.00893. The van der Waals surface area contributed by atoms with Crippen molar-refractivity contribution in [3.8, 4) is 0 Å². The highest BCUT2D eigenvalue weighted by atomic mass is 16.7. The molecule has 0 unspecified atom stereocenters. The van der Waals surface area contributed by atoms with Gasteiger partial charge < -0.3 is 19.3 Å². The average Bonchev–Trinajstić information content (AvgIpc) is 3.50. The van der Waals surface area contributed by atoms with E-state index < -0.39 is 47.5 Å². The zero-order valence-corrected chi connectivity index (χ0v) is 25.2. The number of rotatable bonds is 6. The number of aliphatic hydroxyl groups excluding tert-OH is 1. The number of aromatic nitrogens is 1. The van der Waals surface area contributed by atoms with E-state index in [-0.39, 0.29) is 41.7 Å². The Balaban J connectivity index is 1.19. The summed E-state index contributed by atoms with van der Waals surface area (Å²) in [6.45, 7) is 3.86. The summed E-state index contributed by atoms with van der Waals surface area (Å²) in [7, 11) is 0. The monoisotopic (exact) mass is 589 g/mol. The topological polar surface area (TPSA) is 112 Å². The van der Waals surface area contributed by atoms with Gasteiger partial charge in [-0.1, -0.05) is 50.8 Å². The Morgan fingerprint density at radius 2 is 1.98 bits per heavy atom.